The van der Waals surface area contributed by atoms with Crippen molar-refractivity contribution >= 4 is 35.2 Å². The molecule has 2 aromatic carbocycles. The topological polar surface area (TPSA) is 108 Å². The third-order valence-electron chi connectivity index (χ3n) is 4.52. The molecule has 1 fully saturated rings. The van der Waals surface area contributed by atoms with Gasteiger partial charge in [-0.1, -0.05) is 17.7 Å². The third kappa shape index (κ3) is 4.69. The number of carbonyl (C=O) groups excluding carboxylic acids is 3. The highest BCUT2D eigenvalue weighted by atomic mass is 35.5. The van der Waals surface area contributed by atoms with Crippen molar-refractivity contribution in [3.8, 4) is 0 Å². The summed E-state index contributed by atoms with van der Waals surface area (Å²) >= 11 is 5.76. The highest BCUT2D eigenvalue weighted by molar-refractivity contribution is 6.30. The summed E-state index contributed by atoms with van der Waals surface area (Å²) in [6.07, 6.45) is -1.21. The molecule has 1 atom stereocenters. The molecule has 3 amide bonds. The van der Waals surface area contributed by atoms with E-state index in [9.17, 15) is 23.9 Å². The number of nitrogens with one attached hydrogen (secondary N) is 2. The molecule has 158 valence electrons. The molecule has 0 unspecified atom stereocenters. The van der Waals surface area contributed by atoms with Crippen LogP contribution >= 0.6 is 11.6 Å². The first-order valence-corrected chi connectivity index (χ1v) is 9.38. The van der Waals surface area contributed by atoms with E-state index in [1.807, 2.05) is 0 Å². The fourth-order valence-corrected chi connectivity index (χ4v) is 3.30. The van der Waals surface area contributed by atoms with E-state index < -0.39 is 23.6 Å². The van der Waals surface area contributed by atoms with Crippen LogP contribution in [0.3, 0.4) is 0 Å². The molecule has 0 spiro atoms. The van der Waals surface area contributed by atoms with E-state index in [-0.39, 0.29) is 30.4 Å². The smallest absolute Gasteiger partial charge is 0.407 e. The molecular formula is C20H19ClFN3O5. The molecule has 0 aliphatic carbocycles. The lowest BCUT2D eigenvalue weighted by Gasteiger charge is -2.22. The summed E-state index contributed by atoms with van der Waals surface area (Å²) in [5.74, 6) is -4.08. The van der Waals surface area contributed by atoms with Crippen molar-refractivity contribution in [3.05, 3.63) is 64.4 Å². The van der Waals surface area contributed by atoms with Gasteiger partial charge in [0.25, 0.3) is 17.6 Å². The molecule has 2 aromatic rings. The standard InChI is InChI=1S/C20H19ClFN3O5/c1-23-17(26)13-3-2-4-16(9-13)25-6-5-20(29,18(25)27)30-19(28)24-11-12-7-14(21)10-15(22)8-12/h2-4,7-10,29H,5-6,11H2,1H3,(H,23,26)(H,24,28)/t20-/m0/s1. The van der Waals surface area contributed by atoms with Crippen molar-refractivity contribution in [2.45, 2.75) is 18.8 Å². The summed E-state index contributed by atoms with van der Waals surface area (Å²) in [5, 5.41) is 15.5. The third-order valence-corrected chi connectivity index (χ3v) is 4.74. The number of nitrogens with zero attached hydrogens (tertiary/aromatic N) is 1. The molecule has 10 heteroatoms. The van der Waals surface area contributed by atoms with Crippen LogP contribution in [0.5, 0.6) is 0 Å². The lowest BCUT2D eigenvalue weighted by Crippen LogP contribution is -2.46. The van der Waals surface area contributed by atoms with Gasteiger partial charge in [0, 0.05) is 42.8 Å². The van der Waals surface area contributed by atoms with Crippen molar-refractivity contribution in [1.29, 1.82) is 0 Å². The minimum absolute atomic E-state index is 0.0827. The molecule has 1 aliphatic rings. The molecule has 1 heterocycles. The Morgan fingerprint density at radius 2 is 2.07 bits per heavy atom. The Balaban J connectivity index is 1.65. The number of halogens is 2. The van der Waals surface area contributed by atoms with E-state index in [1.165, 1.54) is 30.1 Å². The van der Waals surface area contributed by atoms with Crippen LogP contribution in [0, 0.1) is 5.82 Å². The van der Waals surface area contributed by atoms with Crippen molar-refractivity contribution < 1.29 is 28.6 Å². The monoisotopic (exact) mass is 435 g/mol. The number of hydrogen-bond donors (Lipinski definition) is 3. The molecule has 3 N–H and O–H groups in total. The predicted octanol–water partition coefficient (Wildman–Crippen LogP) is 2.19. The zero-order chi connectivity index (χ0) is 21.9. The lowest BCUT2D eigenvalue weighted by atomic mass is 10.1. The van der Waals surface area contributed by atoms with Crippen molar-refractivity contribution in [2.75, 3.05) is 18.5 Å². The van der Waals surface area contributed by atoms with Gasteiger partial charge in [0.1, 0.15) is 5.82 Å². The Bertz CT molecular complexity index is 982. The molecule has 0 saturated carbocycles. The van der Waals surface area contributed by atoms with Gasteiger partial charge in [-0.05, 0) is 42.0 Å². The first-order chi connectivity index (χ1) is 14.2. The second-order valence-corrected chi connectivity index (χ2v) is 7.08. The van der Waals surface area contributed by atoms with Crippen LogP contribution in [0.25, 0.3) is 0 Å². The number of carbonyl (C=O) groups is 3. The first-order valence-electron chi connectivity index (χ1n) is 9.00. The van der Waals surface area contributed by atoms with E-state index in [1.54, 1.807) is 18.2 Å². The summed E-state index contributed by atoms with van der Waals surface area (Å²) in [6.45, 7) is -0.0300. The number of hydrogen-bond acceptors (Lipinski definition) is 5. The average Bonchev–Trinajstić information content (AvgIpc) is 2.99. The Hall–Kier alpha value is -3.17. The van der Waals surface area contributed by atoms with Crippen LogP contribution in [0.2, 0.25) is 5.02 Å². The summed E-state index contributed by atoms with van der Waals surface area (Å²) < 4.78 is 18.3. The maximum absolute atomic E-state index is 13.4. The molecule has 3 rings (SSSR count). The molecule has 8 nitrogen and oxygen atoms in total. The van der Waals surface area contributed by atoms with Gasteiger partial charge in [0.05, 0.1) is 0 Å². The molecule has 0 radical (unpaired) electrons. The van der Waals surface area contributed by atoms with Gasteiger partial charge in [-0.2, -0.15) is 0 Å². The molecule has 1 aliphatic heterocycles. The first kappa shape index (κ1) is 21.5. The van der Waals surface area contributed by atoms with Crippen molar-refractivity contribution in [3.63, 3.8) is 0 Å². The van der Waals surface area contributed by atoms with E-state index >= 15 is 0 Å². The molecular weight excluding hydrogens is 417 g/mol. The fourth-order valence-electron chi connectivity index (χ4n) is 3.06. The summed E-state index contributed by atoms with van der Waals surface area (Å²) in [4.78, 5) is 37.8. The summed E-state index contributed by atoms with van der Waals surface area (Å²) in [5.41, 5.74) is 1.11. The maximum atomic E-state index is 13.4. The van der Waals surface area contributed by atoms with E-state index in [2.05, 4.69) is 10.6 Å². The van der Waals surface area contributed by atoms with Gasteiger partial charge < -0.3 is 25.4 Å². The number of benzene rings is 2. The number of amides is 3. The Morgan fingerprint density at radius 1 is 1.30 bits per heavy atom. The SMILES string of the molecule is CNC(=O)c1cccc(N2CC[C@](O)(OC(=O)NCc3cc(F)cc(Cl)c3)C2=O)c1. The number of rotatable bonds is 5. The maximum Gasteiger partial charge on any atom is 0.410 e. The second kappa shape index (κ2) is 8.68. The Morgan fingerprint density at radius 3 is 2.77 bits per heavy atom. The van der Waals surface area contributed by atoms with Crippen molar-refractivity contribution in [2.24, 2.45) is 0 Å². The van der Waals surface area contributed by atoms with Gasteiger partial charge >= 0.3 is 6.09 Å². The zero-order valence-corrected chi connectivity index (χ0v) is 16.7. The average molecular weight is 436 g/mol. The Labute approximate surface area is 176 Å². The fraction of sp³-hybridized carbons (Fsp3) is 0.250. The Kier molecular flexibility index (Phi) is 6.23. The van der Waals surface area contributed by atoms with Gasteiger partial charge in [-0.15, -0.1) is 0 Å². The molecule has 30 heavy (non-hydrogen) atoms. The molecule has 0 bridgehead atoms. The normalized spacial score (nSPS) is 18.3. The van der Waals surface area contributed by atoms with Crippen LogP contribution in [0.1, 0.15) is 22.3 Å². The highest BCUT2D eigenvalue weighted by Gasteiger charge is 2.49. The minimum Gasteiger partial charge on any atom is -0.407 e. The minimum atomic E-state index is -2.35. The quantitative estimate of drug-likeness (QED) is 0.624. The van der Waals surface area contributed by atoms with E-state index in [4.69, 9.17) is 16.3 Å². The number of alkyl carbamates (subject to hydrolysis) is 1. The summed E-state index contributed by atoms with van der Waals surface area (Å²) in [6, 6.07) is 10.0. The predicted molar refractivity (Wildman–Crippen MR) is 106 cm³/mol. The number of aliphatic hydroxyl groups is 1. The second-order valence-electron chi connectivity index (χ2n) is 6.64. The zero-order valence-electron chi connectivity index (χ0n) is 15.9. The van der Waals surface area contributed by atoms with Gasteiger partial charge in [0.15, 0.2) is 0 Å². The van der Waals surface area contributed by atoms with Crippen LogP contribution in [0.15, 0.2) is 42.5 Å². The lowest BCUT2D eigenvalue weighted by molar-refractivity contribution is -0.175. The largest absolute Gasteiger partial charge is 0.410 e. The van der Waals surface area contributed by atoms with Gasteiger partial charge in [-0.3, -0.25) is 9.59 Å². The van der Waals surface area contributed by atoms with Crippen molar-refractivity contribution in [1.82, 2.24) is 10.6 Å². The van der Waals surface area contributed by atoms with Gasteiger partial charge in [-0.25, -0.2) is 9.18 Å². The van der Waals surface area contributed by atoms with Crippen LogP contribution in [0.4, 0.5) is 14.9 Å². The number of anilines is 1. The van der Waals surface area contributed by atoms with E-state index in [0.717, 1.165) is 6.07 Å². The van der Waals surface area contributed by atoms with Crippen LogP contribution in [-0.4, -0.2) is 42.4 Å². The molecule has 0 aromatic heterocycles. The number of ether oxygens (including phenoxy) is 1. The van der Waals surface area contributed by atoms with Gasteiger partial charge in [0.2, 0.25) is 0 Å². The highest BCUT2D eigenvalue weighted by Crippen LogP contribution is 2.30. The van der Waals surface area contributed by atoms with Crippen LogP contribution < -0.4 is 15.5 Å². The molecule has 1 saturated heterocycles. The van der Waals surface area contributed by atoms with Crippen LogP contribution in [-0.2, 0) is 16.1 Å². The van der Waals surface area contributed by atoms with E-state index in [0.29, 0.717) is 16.8 Å². The summed E-state index contributed by atoms with van der Waals surface area (Å²) in [7, 11) is 1.49.